The molecular formula is C16H20O3. The lowest BCUT2D eigenvalue weighted by molar-refractivity contribution is 0.0269. The van der Waals surface area contributed by atoms with E-state index >= 15 is 0 Å². The lowest BCUT2D eigenvalue weighted by Crippen LogP contribution is -2.18. The van der Waals surface area contributed by atoms with E-state index in [1.165, 1.54) is 0 Å². The van der Waals surface area contributed by atoms with E-state index in [0.717, 1.165) is 19.3 Å². The number of ether oxygens (including phenoxy) is 1. The number of aliphatic hydroxyl groups excluding tert-OH is 1. The third-order valence-corrected chi connectivity index (χ3v) is 2.53. The van der Waals surface area contributed by atoms with Gasteiger partial charge in [-0.3, -0.25) is 0 Å². The Kier molecular flexibility index (Phi) is 7.38. The predicted molar refractivity (Wildman–Crippen MR) is 74.6 cm³/mol. The molecule has 0 aliphatic heterocycles. The van der Waals surface area contributed by atoms with Crippen LogP contribution < -0.4 is 0 Å². The SMILES string of the molecule is CCCCC#CC[C@H](O)COC(=O)c1ccccc1. The third-order valence-electron chi connectivity index (χ3n) is 2.53. The number of hydrogen-bond donors (Lipinski definition) is 1. The van der Waals surface area contributed by atoms with E-state index < -0.39 is 12.1 Å². The molecule has 0 unspecified atom stereocenters. The van der Waals surface area contributed by atoms with E-state index in [0.29, 0.717) is 12.0 Å². The second-order valence-electron chi connectivity index (χ2n) is 4.28. The van der Waals surface area contributed by atoms with Crippen LogP contribution in [0.3, 0.4) is 0 Å². The number of hydrogen-bond acceptors (Lipinski definition) is 3. The quantitative estimate of drug-likeness (QED) is 0.486. The molecule has 0 aliphatic carbocycles. The van der Waals surface area contributed by atoms with Crippen LogP contribution in [0.15, 0.2) is 30.3 Å². The molecule has 0 saturated heterocycles. The molecule has 0 heterocycles. The summed E-state index contributed by atoms with van der Waals surface area (Å²) in [5.41, 5.74) is 0.490. The number of carbonyl (C=O) groups is 1. The monoisotopic (exact) mass is 260 g/mol. The van der Waals surface area contributed by atoms with Gasteiger partial charge in [-0.1, -0.05) is 31.5 Å². The second-order valence-corrected chi connectivity index (χ2v) is 4.28. The summed E-state index contributed by atoms with van der Waals surface area (Å²) in [5, 5.41) is 9.62. The van der Waals surface area contributed by atoms with E-state index in [2.05, 4.69) is 18.8 Å². The topological polar surface area (TPSA) is 46.5 Å². The van der Waals surface area contributed by atoms with Gasteiger partial charge in [0.05, 0.1) is 11.7 Å². The summed E-state index contributed by atoms with van der Waals surface area (Å²) in [6, 6.07) is 8.73. The highest BCUT2D eigenvalue weighted by molar-refractivity contribution is 5.89. The molecule has 0 aromatic heterocycles. The van der Waals surface area contributed by atoms with Crippen molar-refractivity contribution in [3.05, 3.63) is 35.9 Å². The first-order valence-electron chi connectivity index (χ1n) is 6.60. The minimum Gasteiger partial charge on any atom is -0.459 e. The Balaban J connectivity index is 2.24. The molecule has 3 heteroatoms. The molecule has 1 atom stereocenters. The van der Waals surface area contributed by atoms with Crippen molar-refractivity contribution in [1.29, 1.82) is 0 Å². The minimum absolute atomic E-state index is 0.0177. The van der Waals surface area contributed by atoms with Crippen LogP contribution in [0.25, 0.3) is 0 Å². The van der Waals surface area contributed by atoms with Gasteiger partial charge in [0, 0.05) is 12.8 Å². The van der Waals surface area contributed by atoms with E-state index in [1.807, 2.05) is 6.07 Å². The number of carbonyl (C=O) groups excluding carboxylic acids is 1. The number of unbranched alkanes of at least 4 members (excludes halogenated alkanes) is 2. The standard InChI is InChI=1S/C16H20O3/c1-2-3-4-5-9-12-15(17)13-19-16(18)14-10-7-6-8-11-14/h6-8,10-11,15,17H,2-4,12-13H2,1H3/t15-/m0/s1. The Morgan fingerprint density at radius 1 is 1.32 bits per heavy atom. The summed E-state index contributed by atoms with van der Waals surface area (Å²) in [6.45, 7) is 2.09. The third kappa shape index (κ3) is 6.64. The fourth-order valence-corrected chi connectivity index (χ4v) is 1.43. The minimum atomic E-state index is -0.721. The van der Waals surface area contributed by atoms with Crippen molar-refractivity contribution in [3.63, 3.8) is 0 Å². The van der Waals surface area contributed by atoms with Crippen LogP contribution in [0.2, 0.25) is 0 Å². The predicted octanol–water partition coefficient (Wildman–Crippen LogP) is 2.79. The van der Waals surface area contributed by atoms with Crippen LogP contribution in [0.4, 0.5) is 0 Å². The van der Waals surface area contributed by atoms with E-state index in [4.69, 9.17) is 4.74 Å². The van der Waals surface area contributed by atoms with Crippen LogP contribution in [0.5, 0.6) is 0 Å². The number of esters is 1. The molecule has 0 bridgehead atoms. The van der Waals surface area contributed by atoms with Crippen molar-refractivity contribution in [2.45, 2.75) is 38.7 Å². The summed E-state index contributed by atoms with van der Waals surface area (Å²) in [6.07, 6.45) is 2.67. The molecular weight excluding hydrogens is 240 g/mol. The largest absolute Gasteiger partial charge is 0.459 e. The van der Waals surface area contributed by atoms with Gasteiger partial charge >= 0.3 is 5.97 Å². The molecule has 1 N–H and O–H groups in total. The average Bonchev–Trinajstić information content (AvgIpc) is 2.45. The van der Waals surface area contributed by atoms with Crippen molar-refractivity contribution >= 4 is 5.97 Å². The second kappa shape index (κ2) is 9.18. The van der Waals surface area contributed by atoms with Gasteiger partial charge in [-0.2, -0.15) is 0 Å². The van der Waals surface area contributed by atoms with Gasteiger partial charge in [0.2, 0.25) is 0 Å². The molecule has 0 spiro atoms. The number of aliphatic hydroxyl groups is 1. The van der Waals surface area contributed by atoms with Gasteiger partial charge < -0.3 is 9.84 Å². The smallest absolute Gasteiger partial charge is 0.338 e. The van der Waals surface area contributed by atoms with Gasteiger partial charge in [0.15, 0.2) is 0 Å². The van der Waals surface area contributed by atoms with Gasteiger partial charge in [0.1, 0.15) is 6.61 Å². The maximum atomic E-state index is 11.6. The highest BCUT2D eigenvalue weighted by Crippen LogP contribution is 2.02. The molecule has 19 heavy (non-hydrogen) atoms. The van der Waals surface area contributed by atoms with Crippen LogP contribution in [-0.2, 0) is 4.74 Å². The first kappa shape index (κ1) is 15.3. The Hall–Kier alpha value is -1.79. The van der Waals surface area contributed by atoms with E-state index in [9.17, 15) is 9.90 Å². The molecule has 1 aromatic rings. The Morgan fingerprint density at radius 3 is 2.74 bits per heavy atom. The van der Waals surface area contributed by atoms with Crippen molar-refractivity contribution in [2.24, 2.45) is 0 Å². The summed E-state index contributed by atoms with van der Waals surface area (Å²) < 4.78 is 5.01. The van der Waals surface area contributed by atoms with Gasteiger partial charge in [-0.25, -0.2) is 4.79 Å². The summed E-state index contributed by atoms with van der Waals surface area (Å²) in [5.74, 6) is 5.46. The molecule has 0 saturated carbocycles. The zero-order valence-electron chi connectivity index (χ0n) is 11.3. The van der Waals surface area contributed by atoms with E-state index in [-0.39, 0.29) is 6.61 Å². The van der Waals surface area contributed by atoms with Gasteiger partial charge in [-0.15, -0.1) is 11.8 Å². The Morgan fingerprint density at radius 2 is 2.05 bits per heavy atom. The molecule has 1 aromatic carbocycles. The molecule has 102 valence electrons. The van der Waals surface area contributed by atoms with E-state index in [1.54, 1.807) is 24.3 Å². The van der Waals surface area contributed by atoms with Crippen molar-refractivity contribution < 1.29 is 14.6 Å². The average molecular weight is 260 g/mol. The highest BCUT2D eigenvalue weighted by atomic mass is 16.5. The van der Waals surface area contributed by atoms with Crippen molar-refractivity contribution in [1.82, 2.24) is 0 Å². The van der Waals surface area contributed by atoms with Crippen LogP contribution in [-0.4, -0.2) is 23.8 Å². The maximum Gasteiger partial charge on any atom is 0.338 e. The van der Waals surface area contributed by atoms with Crippen molar-refractivity contribution in [3.8, 4) is 11.8 Å². The van der Waals surface area contributed by atoms with Gasteiger partial charge in [-0.05, 0) is 18.6 Å². The maximum absolute atomic E-state index is 11.6. The zero-order chi connectivity index (χ0) is 13.9. The molecule has 3 nitrogen and oxygen atoms in total. The summed E-state index contributed by atoms with van der Waals surface area (Å²) in [7, 11) is 0. The fourth-order valence-electron chi connectivity index (χ4n) is 1.43. The first-order chi connectivity index (χ1) is 9.24. The normalized spacial score (nSPS) is 11.3. The summed E-state index contributed by atoms with van der Waals surface area (Å²) in [4.78, 5) is 11.6. The van der Waals surface area contributed by atoms with Crippen LogP contribution in [0.1, 0.15) is 43.0 Å². The van der Waals surface area contributed by atoms with Crippen LogP contribution >= 0.6 is 0 Å². The lowest BCUT2D eigenvalue weighted by atomic mass is 10.2. The Bertz CT molecular complexity index is 428. The zero-order valence-corrected chi connectivity index (χ0v) is 11.3. The lowest BCUT2D eigenvalue weighted by Gasteiger charge is -2.08. The van der Waals surface area contributed by atoms with Crippen LogP contribution in [0, 0.1) is 11.8 Å². The number of benzene rings is 1. The molecule has 0 amide bonds. The molecule has 0 fully saturated rings. The molecule has 0 radical (unpaired) electrons. The van der Waals surface area contributed by atoms with Crippen molar-refractivity contribution in [2.75, 3.05) is 6.61 Å². The Labute approximate surface area is 114 Å². The van der Waals surface area contributed by atoms with Gasteiger partial charge in [0.25, 0.3) is 0 Å². The first-order valence-corrected chi connectivity index (χ1v) is 6.60. The number of rotatable bonds is 6. The molecule has 0 aliphatic rings. The summed E-state index contributed by atoms with van der Waals surface area (Å²) >= 11 is 0. The molecule has 1 rings (SSSR count). The fraction of sp³-hybridized carbons (Fsp3) is 0.438. The highest BCUT2D eigenvalue weighted by Gasteiger charge is 2.09.